The monoisotopic (exact) mass is 748 g/mol. The molecule has 0 unspecified atom stereocenters. The lowest BCUT2D eigenvalue weighted by atomic mass is 9.94. The van der Waals surface area contributed by atoms with E-state index in [0.717, 1.165) is 0 Å². The van der Waals surface area contributed by atoms with Crippen molar-refractivity contribution in [3.8, 4) is 0 Å². The van der Waals surface area contributed by atoms with Crippen molar-refractivity contribution in [2.75, 3.05) is 5.75 Å². The third-order valence-corrected chi connectivity index (χ3v) is 9.06. The Bertz CT molecular complexity index is 1410. The van der Waals surface area contributed by atoms with E-state index in [1.807, 2.05) is 13.8 Å². The number of carbonyl (C=O) groups excluding carboxylic acids is 8. The van der Waals surface area contributed by atoms with Crippen LogP contribution in [-0.4, -0.2) is 89.3 Å². The molecule has 0 radical (unpaired) electrons. The van der Waals surface area contributed by atoms with E-state index in [1.54, 1.807) is 58.0 Å². The summed E-state index contributed by atoms with van der Waals surface area (Å²) in [7, 11) is 0. The van der Waals surface area contributed by atoms with Gasteiger partial charge < -0.3 is 43.4 Å². The minimum atomic E-state index is -1.53. The average Bonchev–Trinajstić information content (AvgIpc) is 3.08. The summed E-state index contributed by atoms with van der Waals surface area (Å²) in [6.45, 7) is 12.0. The number of carbonyl (C=O) groups is 8. The maximum Gasteiger partial charge on any atom is 0.243 e. The van der Waals surface area contributed by atoms with Crippen molar-refractivity contribution in [2.45, 2.75) is 110 Å². The summed E-state index contributed by atoms with van der Waals surface area (Å²) in [4.78, 5) is 103. The Balaban J connectivity index is 3.40. The van der Waals surface area contributed by atoms with Crippen LogP contribution >= 0.6 is 12.6 Å². The number of primary amides is 2. The van der Waals surface area contributed by atoms with Gasteiger partial charge in [-0.3, -0.25) is 38.4 Å². The van der Waals surface area contributed by atoms with E-state index in [1.165, 1.54) is 6.92 Å². The molecule has 1 aromatic carbocycles. The van der Waals surface area contributed by atoms with Gasteiger partial charge in [-0.15, -0.1) is 0 Å². The zero-order chi connectivity index (χ0) is 39.7. The second-order valence-corrected chi connectivity index (χ2v) is 13.7. The fraction of sp³-hybridized carbons (Fsp3) is 0.600. The minimum absolute atomic E-state index is 0.0458. The Kier molecular flexibility index (Phi) is 19.5. The summed E-state index contributed by atoms with van der Waals surface area (Å²) in [6.07, 6.45) is 0.353. The van der Waals surface area contributed by atoms with Crippen molar-refractivity contribution in [3.63, 3.8) is 0 Å². The van der Waals surface area contributed by atoms with Crippen molar-refractivity contribution < 1.29 is 38.4 Å². The molecular formula is C35H56N8O8S. The van der Waals surface area contributed by atoms with E-state index in [2.05, 4.69) is 44.5 Å². The van der Waals surface area contributed by atoms with Crippen molar-refractivity contribution in [1.82, 2.24) is 31.9 Å². The summed E-state index contributed by atoms with van der Waals surface area (Å²) in [6, 6.07) is 1.50. The van der Waals surface area contributed by atoms with Crippen LogP contribution in [0.15, 0.2) is 30.3 Å². The summed E-state index contributed by atoms with van der Waals surface area (Å²) < 4.78 is 0. The van der Waals surface area contributed by atoms with E-state index in [9.17, 15) is 38.4 Å². The molecular weight excluding hydrogens is 692 g/mol. The van der Waals surface area contributed by atoms with Gasteiger partial charge in [-0.25, -0.2) is 0 Å². The first kappa shape index (κ1) is 45.4. The zero-order valence-corrected chi connectivity index (χ0v) is 31.9. The number of amides is 8. The topological polar surface area (TPSA) is 261 Å². The predicted octanol–water partition coefficient (Wildman–Crippen LogP) is -0.803. The molecule has 0 fully saturated rings. The van der Waals surface area contributed by atoms with E-state index in [0.29, 0.717) is 18.4 Å². The first-order chi connectivity index (χ1) is 24.4. The van der Waals surface area contributed by atoms with Gasteiger partial charge in [0.1, 0.15) is 36.3 Å². The Morgan fingerprint density at radius 1 is 0.615 bits per heavy atom. The number of rotatable bonds is 22. The van der Waals surface area contributed by atoms with Crippen LogP contribution in [0, 0.1) is 17.8 Å². The molecule has 0 saturated carbocycles. The molecule has 1 aromatic rings. The number of benzene rings is 1. The highest BCUT2D eigenvalue weighted by molar-refractivity contribution is 7.80. The maximum absolute atomic E-state index is 14.0. The molecule has 0 spiro atoms. The van der Waals surface area contributed by atoms with Crippen molar-refractivity contribution >= 4 is 59.9 Å². The molecule has 0 heterocycles. The predicted molar refractivity (Wildman–Crippen MR) is 198 cm³/mol. The van der Waals surface area contributed by atoms with E-state index in [4.69, 9.17) is 11.5 Å². The fourth-order valence-corrected chi connectivity index (χ4v) is 5.40. The molecule has 52 heavy (non-hydrogen) atoms. The molecule has 290 valence electrons. The molecule has 17 heteroatoms. The van der Waals surface area contributed by atoms with Gasteiger partial charge in [0.05, 0.1) is 6.42 Å². The molecule has 0 saturated heterocycles. The highest BCUT2D eigenvalue weighted by Gasteiger charge is 2.36. The van der Waals surface area contributed by atoms with Crippen molar-refractivity contribution in [1.29, 1.82) is 0 Å². The van der Waals surface area contributed by atoms with Gasteiger partial charge in [-0.1, -0.05) is 84.7 Å². The van der Waals surface area contributed by atoms with Crippen LogP contribution in [0.1, 0.15) is 73.3 Å². The van der Waals surface area contributed by atoms with Crippen LogP contribution in [-0.2, 0) is 44.8 Å². The summed E-state index contributed by atoms with van der Waals surface area (Å²) >= 11 is 4.00. The van der Waals surface area contributed by atoms with Gasteiger partial charge in [-0.05, 0) is 23.3 Å². The second kappa shape index (κ2) is 22.3. The fourth-order valence-electron chi connectivity index (χ4n) is 5.13. The lowest BCUT2D eigenvalue weighted by molar-refractivity contribution is -0.137. The number of nitrogens with one attached hydrogen (secondary N) is 6. The normalized spacial score (nSPS) is 15.6. The van der Waals surface area contributed by atoms with Crippen LogP contribution in [0.25, 0.3) is 0 Å². The third-order valence-electron chi connectivity index (χ3n) is 8.69. The van der Waals surface area contributed by atoms with Gasteiger partial charge in [0.15, 0.2) is 0 Å². The number of nitrogens with two attached hydrogens (primary N) is 2. The van der Waals surface area contributed by atoms with E-state index >= 15 is 0 Å². The Hall–Kier alpha value is -4.67. The number of thiol groups is 1. The first-order valence-electron chi connectivity index (χ1n) is 17.4. The average molecular weight is 749 g/mol. The quantitative estimate of drug-likeness (QED) is 0.0677. The van der Waals surface area contributed by atoms with E-state index < -0.39 is 102 Å². The lowest BCUT2D eigenvalue weighted by Crippen LogP contribution is -2.62. The Morgan fingerprint density at radius 2 is 1.06 bits per heavy atom. The Morgan fingerprint density at radius 3 is 1.52 bits per heavy atom. The largest absolute Gasteiger partial charge is 0.370 e. The van der Waals surface area contributed by atoms with Gasteiger partial charge in [0.25, 0.3) is 0 Å². The SMILES string of the molecule is CC[C@H](C)[C@H](NC(C)=O)C(=O)N[C@H](C(=O)N[C@H](C(=O)N[C@@H](Cc1ccccc1)C(=O)N[C@@H](CC(N)=O)C(=O)N[C@@H](CS)C(N)=O)[C@@H](C)CC)C(C)C. The third kappa shape index (κ3) is 14.9. The van der Waals surface area contributed by atoms with Gasteiger partial charge in [0.2, 0.25) is 47.3 Å². The summed E-state index contributed by atoms with van der Waals surface area (Å²) in [5, 5.41) is 15.6. The van der Waals surface area contributed by atoms with Crippen LogP contribution in [0.4, 0.5) is 0 Å². The molecule has 8 amide bonds. The summed E-state index contributed by atoms with van der Waals surface area (Å²) in [5.74, 6) is -7.14. The van der Waals surface area contributed by atoms with E-state index in [-0.39, 0.29) is 18.1 Å². The summed E-state index contributed by atoms with van der Waals surface area (Å²) in [5.41, 5.74) is 11.3. The highest BCUT2D eigenvalue weighted by Crippen LogP contribution is 2.14. The van der Waals surface area contributed by atoms with Crippen LogP contribution in [0.3, 0.4) is 0 Å². The zero-order valence-electron chi connectivity index (χ0n) is 31.0. The Labute approximate surface area is 310 Å². The molecule has 0 aliphatic carbocycles. The second-order valence-electron chi connectivity index (χ2n) is 13.3. The highest BCUT2D eigenvalue weighted by atomic mass is 32.1. The molecule has 1 rings (SSSR count). The van der Waals surface area contributed by atoms with Gasteiger partial charge >= 0.3 is 0 Å². The van der Waals surface area contributed by atoms with Gasteiger partial charge in [-0.2, -0.15) is 12.6 Å². The lowest BCUT2D eigenvalue weighted by Gasteiger charge is -2.31. The van der Waals surface area contributed by atoms with Crippen LogP contribution < -0.4 is 43.4 Å². The molecule has 0 bridgehead atoms. The number of hydrogen-bond donors (Lipinski definition) is 9. The standard InChI is InChI=1S/C35H56N8O8S/c1-8-19(5)28(38-21(7)44)35(51)42-27(18(3)4)33(49)43-29(20(6)9-2)34(50)40-23(15-22-13-11-10-12-14-22)31(47)39-24(16-26(36)45)32(48)41-25(17-52)30(37)46/h10-14,18-20,23-25,27-29,52H,8-9,15-17H2,1-7H3,(H2,36,45)(H2,37,46)(H,38,44)(H,39,47)(H,40,50)(H,41,48)(H,42,51)(H,43,49)/t19-,20-,23-,24-,25-,27-,28-,29-/m0/s1. The van der Waals surface area contributed by atoms with Crippen LogP contribution in [0.5, 0.6) is 0 Å². The molecule has 0 aliphatic heterocycles. The first-order valence-corrected chi connectivity index (χ1v) is 18.0. The maximum atomic E-state index is 14.0. The van der Waals surface area contributed by atoms with Crippen molar-refractivity contribution in [3.05, 3.63) is 35.9 Å². The molecule has 10 N–H and O–H groups in total. The molecule has 16 nitrogen and oxygen atoms in total. The molecule has 0 aromatic heterocycles. The molecule has 0 aliphatic rings. The number of hydrogen-bond acceptors (Lipinski definition) is 9. The van der Waals surface area contributed by atoms with Crippen molar-refractivity contribution in [2.24, 2.45) is 29.2 Å². The van der Waals surface area contributed by atoms with Gasteiger partial charge in [0, 0.05) is 19.1 Å². The minimum Gasteiger partial charge on any atom is -0.370 e. The van der Waals surface area contributed by atoms with Crippen LogP contribution in [0.2, 0.25) is 0 Å². The smallest absolute Gasteiger partial charge is 0.243 e. The molecule has 8 atom stereocenters.